The maximum atomic E-state index is 12.5. The zero-order chi connectivity index (χ0) is 14.3. The molecule has 0 aliphatic rings. The fraction of sp³-hybridized carbons (Fsp3) is 0.286. The van der Waals surface area contributed by atoms with Crippen LogP contribution in [0.2, 0.25) is 5.15 Å². The zero-order valence-corrected chi connectivity index (χ0v) is 12.1. The van der Waals surface area contributed by atoms with Crippen LogP contribution in [0.1, 0.15) is 12.7 Å². The normalized spacial score (nSPS) is 11.3. The van der Waals surface area contributed by atoms with E-state index in [2.05, 4.69) is 4.98 Å². The minimum Gasteiger partial charge on any atom is -0.321 e. The van der Waals surface area contributed by atoms with Crippen molar-refractivity contribution in [3.63, 3.8) is 0 Å². The molecule has 0 unspecified atom stereocenters. The number of fused-ring (bicyclic) bond motifs is 1. The molecule has 0 N–H and O–H groups in total. The molecule has 20 heavy (non-hydrogen) atoms. The first-order valence-electron chi connectivity index (χ1n) is 6.47. The van der Waals surface area contributed by atoms with Crippen molar-refractivity contribution in [1.29, 1.82) is 0 Å². The van der Waals surface area contributed by atoms with Crippen LogP contribution in [-0.2, 0) is 20.1 Å². The number of benzene rings is 1. The van der Waals surface area contributed by atoms with Gasteiger partial charge in [-0.2, -0.15) is 0 Å². The summed E-state index contributed by atoms with van der Waals surface area (Å²) in [6.07, 6.45) is 1.60. The van der Waals surface area contributed by atoms with E-state index in [-0.39, 0.29) is 5.69 Å². The average Bonchev–Trinajstić information content (AvgIpc) is 2.91. The van der Waals surface area contributed by atoms with Gasteiger partial charge in [-0.25, -0.2) is 9.78 Å². The highest BCUT2D eigenvalue weighted by molar-refractivity contribution is 6.29. The molecule has 0 fully saturated rings. The molecule has 2 aromatic heterocycles. The van der Waals surface area contributed by atoms with Crippen LogP contribution in [0.4, 0.5) is 0 Å². The van der Waals surface area contributed by atoms with Gasteiger partial charge in [-0.15, -0.1) is 0 Å². The van der Waals surface area contributed by atoms with Crippen molar-refractivity contribution < 1.29 is 0 Å². The number of rotatable bonds is 3. The summed E-state index contributed by atoms with van der Waals surface area (Å²) >= 11 is 5.99. The minimum atomic E-state index is -0.0205. The summed E-state index contributed by atoms with van der Waals surface area (Å²) in [6.45, 7) is 3.03. The minimum absolute atomic E-state index is 0.0205. The predicted octanol–water partition coefficient (Wildman–Crippen LogP) is 2.26. The molecular formula is C14H15ClN4O. The third kappa shape index (κ3) is 1.86. The number of imidazole rings is 2. The van der Waals surface area contributed by atoms with Crippen molar-refractivity contribution in [2.24, 2.45) is 7.05 Å². The number of halogens is 1. The Hall–Kier alpha value is -2.01. The van der Waals surface area contributed by atoms with E-state index < -0.39 is 0 Å². The molecular weight excluding hydrogens is 276 g/mol. The van der Waals surface area contributed by atoms with Gasteiger partial charge in [-0.1, -0.05) is 23.7 Å². The largest absolute Gasteiger partial charge is 0.329 e. The Bertz CT molecular complexity index is 827. The first-order chi connectivity index (χ1) is 9.63. The molecule has 0 saturated heterocycles. The molecule has 0 radical (unpaired) electrons. The van der Waals surface area contributed by atoms with Crippen molar-refractivity contribution >= 4 is 22.6 Å². The molecule has 0 spiro atoms. The predicted molar refractivity (Wildman–Crippen MR) is 79.2 cm³/mol. The number of aryl methyl sites for hydroxylation is 1. The van der Waals surface area contributed by atoms with Crippen molar-refractivity contribution in [3.05, 3.63) is 51.9 Å². The molecule has 0 saturated carbocycles. The number of hydrogen-bond acceptors (Lipinski definition) is 2. The number of para-hydroxylation sites is 2. The third-order valence-electron chi connectivity index (χ3n) is 3.57. The van der Waals surface area contributed by atoms with E-state index in [1.165, 1.54) is 0 Å². The van der Waals surface area contributed by atoms with E-state index in [0.717, 1.165) is 16.9 Å². The average molecular weight is 291 g/mol. The van der Waals surface area contributed by atoms with Gasteiger partial charge in [0.2, 0.25) is 0 Å². The van der Waals surface area contributed by atoms with Crippen LogP contribution in [-0.4, -0.2) is 18.7 Å². The van der Waals surface area contributed by atoms with Gasteiger partial charge in [0.05, 0.1) is 23.8 Å². The fourth-order valence-electron chi connectivity index (χ4n) is 2.44. The molecule has 0 aliphatic heterocycles. The topological polar surface area (TPSA) is 44.8 Å². The van der Waals surface area contributed by atoms with E-state index in [1.807, 2.05) is 38.2 Å². The van der Waals surface area contributed by atoms with Gasteiger partial charge >= 0.3 is 5.69 Å². The lowest BCUT2D eigenvalue weighted by molar-refractivity contribution is 0.650. The second kappa shape index (κ2) is 4.83. The highest BCUT2D eigenvalue weighted by atomic mass is 35.5. The van der Waals surface area contributed by atoms with E-state index in [9.17, 15) is 4.79 Å². The number of aromatic nitrogens is 4. The van der Waals surface area contributed by atoms with E-state index in [1.54, 1.807) is 19.9 Å². The summed E-state index contributed by atoms with van der Waals surface area (Å²) in [6, 6.07) is 7.79. The smallest absolute Gasteiger partial charge is 0.321 e. The first kappa shape index (κ1) is 13.0. The van der Waals surface area contributed by atoms with Crippen LogP contribution >= 0.6 is 11.6 Å². The van der Waals surface area contributed by atoms with Crippen molar-refractivity contribution in [1.82, 2.24) is 18.7 Å². The highest BCUT2D eigenvalue weighted by Crippen LogP contribution is 2.15. The van der Waals surface area contributed by atoms with Crippen molar-refractivity contribution in [2.45, 2.75) is 20.0 Å². The van der Waals surface area contributed by atoms with Gasteiger partial charge in [0.1, 0.15) is 11.0 Å². The molecule has 0 aliphatic carbocycles. The van der Waals surface area contributed by atoms with Crippen LogP contribution < -0.4 is 5.69 Å². The standard InChI is InChI=1S/C14H15ClN4O/c1-3-18-10-6-4-5-7-11(10)19(14(18)20)9-13-16-8-12(15)17(13)2/h4-8H,3,9H2,1-2H3. The van der Waals surface area contributed by atoms with Crippen LogP contribution in [0.15, 0.2) is 35.3 Å². The summed E-state index contributed by atoms with van der Waals surface area (Å²) in [5.74, 6) is 0.760. The van der Waals surface area contributed by atoms with Crippen molar-refractivity contribution in [3.8, 4) is 0 Å². The van der Waals surface area contributed by atoms with Crippen LogP contribution in [0.25, 0.3) is 11.0 Å². The maximum absolute atomic E-state index is 12.5. The molecule has 2 heterocycles. The Labute approximate surface area is 121 Å². The molecule has 104 valence electrons. The van der Waals surface area contributed by atoms with Gasteiger partial charge < -0.3 is 4.57 Å². The Morgan fingerprint density at radius 1 is 1.20 bits per heavy atom. The molecule has 0 atom stereocenters. The van der Waals surface area contributed by atoms with Gasteiger partial charge in [-0.05, 0) is 19.1 Å². The Kier molecular flexibility index (Phi) is 3.14. The fourth-order valence-corrected chi connectivity index (χ4v) is 2.59. The summed E-state index contributed by atoms with van der Waals surface area (Å²) in [7, 11) is 1.84. The van der Waals surface area contributed by atoms with E-state index >= 15 is 0 Å². The summed E-state index contributed by atoms with van der Waals surface area (Å²) in [5, 5.41) is 0.562. The summed E-state index contributed by atoms with van der Waals surface area (Å²) < 4.78 is 5.28. The third-order valence-corrected chi connectivity index (χ3v) is 3.92. The highest BCUT2D eigenvalue weighted by Gasteiger charge is 2.14. The lowest BCUT2D eigenvalue weighted by atomic mass is 10.3. The Morgan fingerprint density at radius 2 is 1.85 bits per heavy atom. The molecule has 5 nitrogen and oxygen atoms in total. The monoisotopic (exact) mass is 290 g/mol. The lowest BCUT2D eigenvalue weighted by Gasteiger charge is -2.04. The van der Waals surface area contributed by atoms with Gasteiger partial charge in [0, 0.05) is 13.6 Å². The molecule has 0 amide bonds. The number of nitrogens with zero attached hydrogens (tertiary/aromatic N) is 4. The Morgan fingerprint density at radius 3 is 2.40 bits per heavy atom. The molecule has 3 aromatic rings. The molecule has 6 heteroatoms. The second-order valence-electron chi connectivity index (χ2n) is 4.66. The molecule has 3 rings (SSSR count). The summed E-state index contributed by atoms with van der Waals surface area (Å²) in [4.78, 5) is 16.8. The number of hydrogen-bond donors (Lipinski definition) is 0. The Balaban J connectivity index is 2.19. The van der Waals surface area contributed by atoms with Gasteiger partial charge in [0.15, 0.2) is 0 Å². The quantitative estimate of drug-likeness (QED) is 0.743. The van der Waals surface area contributed by atoms with Gasteiger partial charge in [0.25, 0.3) is 0 Å². The van der Waals surface area contributed by atoms with Crippen LogP contribution in [0, 0.1) is 0 Å². The van der Waals surface area contributed by atoms with E-state index in [0.29, 0.717) is 18.2 Å². The zero-order valence-electron chi connectivity index (χ0n) is 11.4. The SMILES string of the molecule is CCn1c(=O)n(Cc2ncc(Cl)n2C)c2ccccc21. The van der Waals surface area contributed by atoms with Crippen molar-refractivity contribution in [2.75, 3.05) is 0 Å². The first-order valence-corrected chi connectivity index (χ1v) is 6.85. The van der Waals surface area contributed by atoms with E-state index in [4.69, 9.17) is 11.6 Å². The lowest BCUT2D eigenvalue weighted by Crippen LogP contribution is -2.25. The molecule has 1 aromatic carbocycles. The van der Waals surface area contributed by atoms with Gasteiger partial charge in [-0.3, -0.25) is 9.13 Å². The van der Waals surface area contributed by atoms with Crippen LogP contribution in [0.5, 0.6) is 0 Å². The van der Waals surface area contributed by atoms with Crippen LogP contribution in [0.3, 0.4) is 0 Å². The summed E-state index contributed by atoms with van der Waals surface area (Å²) in [5.41, 5.74) is 1.84. The maximum Gasteiger partial charge on any atom is 0.329 e. The molecule has 0 bridgehead atoms. The second-order valence-corrected chi connectivity index (χ2v) is 5.05.